The Morgan fingerprint density at radius 1 is 1.10 bits per heavy atom. The summed E-state index contributed by atoms with van der Waals surface area (Å²) in [6.45, 7) is 4.37. The van der Waals surface area contributed by atoms with Crippen LogP contribution >= 0.6 is 0 Å². The average molecular weight is 435 g/mol. The molecular formula is C21H26N2O6S. The molecule has 0 saturated carbocycles. The number of para-hydroxylation sites is 2. The van der Waals surface area contributed by atoms with Crippen molar-refractivity contribution < 1.29 is 31.6 Å². The van der Waals surface area contributed by atoms with Crippen LogP contribution in [0.2, 0.25) is 0 Å². The molecule has 1 aromatic heterocycles. The topological polar surface area (TPSA) is 120 Å². The molecule has 1 atom stereocenters. The SMILES string of the molecule is CC(C)C(NCc1c2ccccc2[n+](C)c2ccccc12)C(=O)O.COS(=O)(=O)[O-]. The molecule has 9 heteroatoms. The number of carboxylic acids is 1. The standard InChI is InChI=1S/C20H22N2O2.CH4O4S/c1-13(2)19(20(23)24)21-12-16-14-8-4-6-10-17(14)22(3)18-11-7-5-9-15(16)18;1-5-6(2,3)4/h4-11,13,19,21H,12H2,1-3H3;1H3,(H,2,3,4). The van der Waals surface area contributed by atoms with Crippen LogP contribution < -0.4 is 9.88 Å². The van der Waals surface area contributed by atoms with E-state index < -0.39 is 22.4 Å². The van der Waals surface area contributed by atoms with E-state index in [2.05, 4.69) is 45.4 Å². The lowest BCUT2D eigenvalue weighted by Gasteiger charge is -2.19. The zero-order chi connectivity index (χ0) is 22.5. The second-order valence-corrected chi connectivity index (χ2v) is 8.24. The van der Waals surface area contributed by atoms with Gasteiger partial charge in [-0.15, -0.1) is 0 Å². The van der Waals surface area contributed by atoms with Gasteiger partial charge in [0.25, 0.3) is 0 Å². The summed E-state index contributed by atoms with van der Waals surface area (Å²) in [5.41, 5.74) is 3.43. The third kappa shape index (κ3) is 5.73. The number of carbonyl (C=O) groups is 1. The molecule has 0 aliphatic carbocycles. The first-order valence-corrected chi connectivity index (χ1v) is 10.7. The van der Waals surface area contributed by atoms with Crippen molar-refractivity contribution in [3.8, 4) is 0 Å². The van der Waals surface area contributed by atoms with E-state index in [9.17, 15) is 22.9 Å². The Labute approximate surface area is 176 Å². The Bertz CT molecular complexity index is 1090. The highest BCUT2D eigenvalue weighted by molar-refractivity contribution is 7.80. The maximum absolute atomic E-state index is 11.5. The average Bonchev–Trinajstić information content (AvgIpc) is 2.70. The van der Waals surface area contributed by atoms with Crippen LogP contribution in [0.5, 0.6) is 0 Å². The van der Waals surface area contributed by atoms with Crippen LogP contribution in [0, 0.1) is 5.92 Å². The van der Waals surface area contributed by atoms with E-state index in [1.807, 2.05) is 38.1 Å². The predicted molar refractivity (Wildman–Crippen MR) is 112 cm³/mol. The molecule has 2 N–H and O–H groups in total. The van der Waals surface area contributed by atoms with Gasteiger partial charge in [0.05, 0.1) is 17.9 Å². The van der Waals surface area contributed by atoms with Gasteiger partial charge in [0, 0.05) is 18.7 Å². The second-order valence-electron chi connectivity index (χ2n) is 7.09. The number of rotatable bonds is 6. The van der Waals surface area contributed by atoms with Gasteiger partial charge in [-0.3, -0.25) is 8.98 Å². The molecular weight excluding hydrogens is 408 g/mol. The van der Waals surface area contributed by atoms with Gasteiger partial charge in [0.1, 0.15) is 13.1 Å². The molecule has 0 fully saturated rings. The molecule has 3 rings (SSSR count). The molecule has 30 heavy (non-hydrogen) atoms. The molecule has 3 aromatic rings. The second kappa shape index (κ2) is 9.94. The first kappa shape index (κ1) is 23.7. The molecule has 0 bridgehead atoms. The maximum atomic E-state index is 11.5. The number of hydrogen-bond acceptors (Lipinski definition) is 6. The molecule has 162 valence electrons. The van der Waals surface area contributed by atoms with E-state index in [0.717, 1.165) is 34.5 Å². The minimum Gasteiger partial charge on any atom is -0.726 e. The van der Waals surface area contributed by atoms with Crippen LogP contribution in [0.15, 0.2) is 48.5 Å². The van der Waals surface area contributed by atoms with Crippen molar-refractivity contribution in [2.45, 2.75) is 26.4 Å². The third-order valence-electron chi connectivity index (χ3n) is 4.82. The van der Waals surface area contributed by atoms with Crippen LogP contribution in [0.4, 0.5) is 0 Å². The van der Waals surface area contributed by atoms with Crippen molar-refractivity contribution in [3.05, 3.63) is 54.1 Å². The molecule has 1 heterocycles. The molecule has 0 saturated heterocycles. The lowest BCUT2D eigenvalue weighted by molar-refractivity contribution is -0.617. The Morgan fingerprint density at radius 3 is 1.90 bits per heavy atom. The number of aliphatic carboxylic acids is 1. The summed E-state index contributed by atoms with van der Waals surface area (Å²) in [5.74, 6) is -0.778. The number of pyridine rings is 1. The van der Waals surface area contributed by atoms with E-state index in [1.165, 1.54) is 0 Å². The van der Waals surface area contributed by atoms with Gasteiger partial charge in [-0.05, 0) is 23.6 Å². The summed E-state index contributed by atoms with van der Waals surface area (Å²) in [4.78, 5) is 11.5. The quantitative estimate of drug-likeness (QED) is 0.264. The van der Waals surface area contributed by atoms with E-state index >= 15 is 0 Å². The largest absolute Gasteiger partial charge is 0.726 e. The Kier molecular flexibility index (Phi) is 7.85. The highest BCUT2D eigenvalue weighted by atomic mass is 32.3. The van der Waals surface area contributed by atoms with Crippen LogP contribution in [-0.2, 0) is 33.0 Å². The molecule has 0 amide bonds. The molecule has 1 unspecified atom stereocenters. The fraction of sp³-hybridized carbons (Fsp3) is 0.333. The van der Waals surface area contributed by atoms with Crippen LogP contribution in [0.3, 0.4) is 0 Å². The molecule has 0 aliphatic heterocycles. The minimum atomic E-state index is -4.41. The first-order chi connectivity index (χ1) is 14.1. The van der Waals surface area contributed by atoms with Gasteiger partial charge in [0.15, 0.2) is 0 Å². The van der Waals surface area contributed by atoms with Gasteiger partial charge < -0.3 is 15.0 Å². The van der Waals surface area contributed by atoms with E-state index in [0.29, 0.717) is 6.54 Å². The lowest BCUT2D eigenvalue weighted by Crippen LogP contribution is -2.40. The normalized spacial score (nSPS) is 12.6. The van der Waals surface area contributed by atoms with Gasteiger partial charge >= 0.3 is 5.97 Å². The van der Waals surface area contributed by atoms with Crippen LogP contribution in [0.25, 0.3) is 21.8 Å². The predicted octanol–water partition coefficient (Wildman–Crippen LogP) is 2.11. The molecule has 2 aromatic carbocycles. The zero-order valence-electron chi connectivity index (χ0n) is 17.3. The molecule has 8 nitrogen and oxygen atoms in total. The van der Waals surface area contributed by atoms with Gasteiger partial charge in [-0.2, -0.15) is 4.57 Å². The number of hydrogen-bond donors (Lipinski definition) is 2. The summed E-state index contributed by atoms with van der Waals surface area (Å²) < 4.78 is 33.2. The van der Waals surface area contributed by atoms with Crippen molar-refractivity contribution in [1.82, 2.24) is 5.32 Å². The highest BCUT2D eigenvalue weighted by Gasteiger charge is 2.23. The zero-order valence-corrected chi connectivity index (χ0v) is 18.1. The summed E-state index contributed by atoms with van der Waals surface area (Å²) in [7, 11) is -1.54. The number of benzene rings is 2. The van der Waals surface area contributed by atoms with Crippen molar-refractivity contribution in [2.75, 3.05) is 7.11 Å². The fourth-order valence-electron chi connectivity index (χ4n) is 3.33. The van der Waals surface area contributed by atoms with Crippen molar-refractivity contribution in [2.24, 2.45) is 13.0 Å². The van der Waals surface area contributed by atoms with Crippen LogP contribution in [-0.4, -0.2) is 37.2 Å². The summed E-state index contributed by atoms with van der Waals surface area (Å²) in [5, 5.41) is 15.0. The first-order valence-electron chi connectivity index (χ1n) is 9.32. The lowest BCUT2D eigenvalue weighted by atomic mass is 10.00. The van der Waals surface area contributed by atoms with Crippen LogP contribution in [0.1, 0.15) is 19.4 Å². The highest BCUT2D eigenvalue weighted by Crippen LogP contribution is 2.24. The summed E-state index contributed by atoms with van der Waals surface area (Å²) >= 11 is 0. The van der Waals surface area contributed by atoms with Crippen molar-refractivity contribution >= 4 is 38.2 Å². The minimum absolute atomic E-state index is 0.0276. The van der Waals surface area contributed by atoms with E-state index in [-0.39, 0.29) is 5.92 Å². The fourth-order valence-corrected chi connectivity index (χ4v) is 3.33. The molecule has 0 spiro atoms. The number of fused-ring (bicyclic) bond motifs is 2. The smallest absolute Gasteiger partial charge is 0.320 e. The number of nitrogens with one attached hydrogen (secondary N) is 1. The molecule has 0 aliphatic rings. The summed E-state index contributed by atoms with van der Waals surface area (Å²) in [6.07, 6.45) is 0. The van der Waals surface area contributed by atoms with Gasteiger partial charge in [-0.25, -0.2) is 8.42 Å². The number of carboxylic acid groups (broad SMARTS) is 1. The van der Waals surface area contributed by atoms with Crippen molar-refractivity contribution in [1.29, 1.82) is 0 Å². The molecule has 0 radical (unpaired) electrons. The monoisotopic (exact) mass is 434 g/mol. The van der Waals surface area contributed by atoms with E-state index in [1.54, 1.807) is 0 Å². The Hall–Kier alpha value is -2.59. The number of aryl methyl sites for hydroxylation is 1. The van der Waals surface area contributed by atoms with Crippen molar-refractivity contribution in [3.63, 3.8) is 0 Å². The van der Waals surface area contributed by atoms with Gasteiger partial charge in [-0.1, -0.05) is 38.1 Å². The van der Waals surface area contributed by atoms with E-state index in [4.69, 9.17) is 0 Å². The Balaban J connectivity index is 0.000000469. The van der Waals surface area contributed by atoms with Gasteiger partial charge in [0.2, 0.25) is 21.4 Å². The Morgan fingerprint density at radius 2 is 1.53 bits per heavy atom. The number of nitrogens with zero attached hydrogens (tertiary/aromatic N) is 1. The number of aromatic nitrogens is 1. The third-order valence-corrected chi connectivity index (χ3v) is 5.22. The maximum Gasteiger partial charge on any atom is 0.320 e. The summed E-state index contributed by atoms with van der Waals surface area (Å²) in [6, 6.07) is 16.0.